The molecule has 0 radical (unpaired) electrons. The average Bonchev–Trinajstić information content (AvgIpc) is 2.69. The van der Waals surface area contributed by atoms with Crippen LogP contribution in [-0.2, 0) is 22.2 Å². The normalized spacial score (nSPS) is 10.9. The molecular weight excluding hydrogens is 245 g/mol. The zero-order valence-corrected chi connectivity index (χ0v) is 10.7. The predicted octanol–water partition coefficient (Wildman–Crippen LogP) is 2.56. The van der Waals surface area contributed by atoms with Crippen LogP contribution in [0.25, 0.3) is 5.82 Å². The zero-order valence-electron chi connectivity index (χ0n) is 9.64. The molecule has 0 saturated heterocycles. The Balaban J connectivity index is 0.00000128. The summed E-state index contributed by atoms with van der Waals surface area (Å²) in [4.78, 5) is 4.30. The molecule has 16 heavy (non-hydrogen) atoms. The summed E-state index contributed by atoms with van der Waals surface area (Å²) in [6, 6.07) is 6.02. The summed E-state index contributed by atoms with van der Waals surface area (Å²) in [5.74, 6) is 0.868. The molecule has 2 aromatic heterocycles. The zero-order chi connectivity index (χ0) is 10.9. The van der Waals surface area contributed by atoms with Crippen LogP contribution in [0, 0.1) is 0 Å². The third kappa shape index (κ3) is 2.71. The number of nitrogens with zero attached hydrogens (tertiary/aromatic N) is 3. The Morgan fingerprint density at radius 2 is 1.94 bits per heavy atom. The molecular formula is C12H15CoN3+3. The van der Waals surface area contributed by atoms with Gasteiger partial charge in [-0.05, 0) is 29.2 Å². The third-order valence-corrected chi connectivity index (χ3v) is 2.35. The van der Waals surface area contributed by atoms with Gasteiger partial charge in [-0.15, -0.1) is 0 Å². The van der Waals surface area contributed by atoms with Crippen LogP contribution in [0.15, 0.2) is 36.8 Å². The van der Waals surface area contributed by atoms with Crippen LogP contribution in [-0.4, -0.2) is 14.8 Å². The summed E-state index contributed by atoms with van der Waals surface area (Å²) >= 11 is 0. The monoisotopic (exact) mass is 260 g/mol. The van der Waals surface area contributed by atoms with Crippen molar-refractivity contribution >= 4 is 0 Å². The van der Waals surface area contributed by atoms with Gasteiger partial charge in [0.05, 0.1) is 0 Å². The van der Waals surface area contributed by atoms with Gasteiger partial charge >= 0.3 is 16.8 Å². The van der Waals surface area contributed by atoms with E-state index in [0.29, 0.717) is 0 Å². The minimum atomic E-state index is 0. The number of rotatable bonds is 1. The van der Waals surface area contributed by atoms with Crippen molar-refractivity contribution in [3.8, 4) is 5.82 Å². The van der Waals surface area contributed by atoms with Crippen LogP contribution in [0.1, 0.15) is 26.3 Å². The van der Waals surface area contributed by atoms with Crippen molar-refractivity contribution in [3.05, 3.63) is 42.4 Å². The second kappa shape index (κ2) is 4.80. The van der Waals surface area contributed by atoms with Gasteiger partial charge in [0.25, 0.3) is 0 Å². The molecule has 0 fully saturated rings. The van der Waals surface area contributed by atoms with E-state index in [4.69, 9.17) is 0 Å². The molecule has 0 bridgehead atoms. The van der Waals surface area contributed by atoms with Gasteiger partial charge in [-0.25, -0.2) is 9.67 Å². The minimum Gasteiger partial charge on any atom is -0.237 e. The molecule has 0 aromatic carbocycles. The van der Waals surface area contributed by atoms with Gasteiger partial charge in [0.1, 0.15) is 0 Å². The molecule has 2 rings (SSSR count). The first-order valence-electron chi connectivity index (χ1n) is 5.04. The molecule has 4 heteroatoms. The number of aromatic nitrogens is 3. The topological polar surface area (TPSA) is 30.7 Å². The van der Waals surface area contributed by atoms with Crippen molar-refractivity contribution in [3.63, 3.8) is 0 Å². The van der Waals surface area contributed by atoms with Crippen LogP contribution < -0.4 is 0 Å². The van der Waals surface area contributed by atoms with Crippen LogP contribution in [0.4, 0.5) is 0 Å². The van der Waals surface area contributed by atoms with Crippen molar-refractivity contribution < 1.29 is 16.8 Å². The molecule has 0 saturated carbocycles. The number of pyridine rings is 1. The number of hydrogen-bond acceptors (Lipinski definition) is 2. The van der Waals surface area contributed by atoms with E-state index in [9.17, 15) is 0 Å². The first-order valence-corrected chi connectivity index (χ1v) is 5.04. The summed E-state index contributed by atoms with van der Waals surface area (Å²) in [5, 5.41) is 4.16. The Hall–Kier alpha value is -1.13. The molecule has 2 aromatic rings. The summed E-state index contributed by atoms with van der Waals surface area (Å²) < 4.78 is 1.77. The van der Waals surface area contributed by atoms with Crippen LogP contribution in [0.5, 0.6) is 0 Å². The van der Waals surface area contributed by atoms with Gasteiger partial charge in [-0.1, -0.05) is 20.8 Å². The van der Waals surface area contributed by atoms with E-state index in [-0.39, 0.29) is 22.2 Å². The molecule has 3 nitrogen and oxygen atoms in total. The van der Waals surface area contributed by atoms with Crippen molar-refractivity contribution in [2.24, 2.45) is 0 Å². The number of hydrogen-bond donors (Lipinski definition) is 0. The minimum absolute atomic E-state index is 0. The molecule has 0 aliphatic heterocycles. The second-order valence-electron chi connectivity index (χ2n) is 4.60. The van der Waals surface area contributed by atoms with E-state index in [0.717, 1.165) is 5.82 Å². The molecule has 0 spiro atoms. The molecule has 0 aliphatic rings. The molecule has 0 unspecified atom stereocenters. The van der Waals surface area contributed by atoms with Crippen molar-refractivity contribution in [1.29, 1.82) is 0 Å². The standard InChI is InChI=1S/C12H15N3.Co/c1-12(2,3)10-5-7-13-11(9-10)15-8-4-6-14-15;/h4-9H,1-3H3;/q;+3. The molecule has 0 aliphatic carbocycles. The summed E-state index contributed by atoms with van der Waals surface area (Å²) in [6.07, 6.45) is 5.48. The SMILES string of the molecule is CC(C)(C)c1ccnc(-n2cccn2)c1.[Co+3]. The van der Waals surface area contributed by atoms with Crippen molar-refractivity contribution in [1.82, 2.24) is 14.8 Å². The molecule has 0 atom stereocenters. The summed E-state index contributed by atoms with van der Waals surface area (Å²) in [5.41, 5.74) is 1.41. The van der Waals surface area contributed by atoms with Gasteiger partial charge < -0.3 is 0 Å². The maximum absolute atomic E-state index is 4.30. The Morgan fingerprint density at radius 1 is 1.19 bits per heavy atom. The fraction of sp³-hybridized carbons (Fsp3) is 0.333. The maximum atomic E-state index is 4.30. The van der Waals surface area contributed by atoms with Crippen LogP contribution in [0.2, 0.25) is 0 Å². The van der Waals surface area contributed by atoms with E-state index in [1.165, 1.54) is 5.56 Å². The first kappa shape index (κ1) is 12.9. The van der Waals surface area contributed by atoms with E-state index < -0.39 is 0 Å². The van der Waals surface area contributed by atoms with Gasteiger partial charge in [0.15, 0.2) is 5.82 Å². The Labute approximate surface area is 106 Å². The molecule has 0 N–H and O–H groups in total. The van der Waals surface area contributed by atoms with E-state index in [1.807, 2.05) is 24.5 Å². The second-order valence-corrected chi connectivity index (χ2v) is 4.60. The van der Waals surface area contributed by atoms with Crippen LogP contribution in [0.3, 0.4) is 0 Å². The van der Waals surface area contributed by atoms with E-state index in [1.54, 1.807) is 10.9 Å². The Morgan fingerprint density at radius 3 is 2.50 bits per heavy atom. The maximum Gasteiger partial charge on any atom is 3.00 e. The van der Waals surface area contributed by atoms with Gasteiger partial charge in [0.2, 0.25) is 0 Å². The molecule has 0 amide bonds. The fourth-order valence-corrected chi connectivity index (χ4v) is 1.41. The Bertz CT molecular complexity index is 444. The Kier molecular flexibility index (Phi) is 3.88. The van der Waals surface area contributed by atoms with Crippen molar-refractivity contribution in [2.45, 2.75) is 26.2 Å². The van der Waals surface area contributed by atoms with E-state index >= 15 is 0 Å². The fourth-order valence-electron chi connectivity index (χ4n) is 1.41. The average molecular weight is 260 g/mol. The predicted molar refractivity (Wildman–Crippen MR) is 60.1 cm³/mol. The smallest absolute Gasteiger partial charge is 0.237 e. The molecule has 84 valence electrons. The summed E-state index contributed by atoms with van der Waals surface area (Å²) in [7, 11) is 0. The van der Waals surface area contributed by atoms with E-state index in [2.05, 4.69) is 36.9 Å². The first-order chi connectivity index (χ1) is 7.07. The summed E-state index contributed by atoms with van der Waals surface area (Å²) in [6.45, 7) is 6.57. The van der Waals surface area contributed by atoms with Gasteiger partial charge in [-0.3, -0.25) is 0 Å². The third-order valence-electron chi connectivity index (χ3n) is 2.35. The molecule has 2 heterocycles. The van der Waals surface area contributed by atoms with Gasteiger partial charge in [-0.2, -0.15) is 5.10 Å². The quantitative estimate of drug-likeness (QED) is 0.789. The largest absolute Gasteiger partial charge is 3.00 e. The van der Waals surface area contributed by atoms with Crippen LogP contribution >= 0.6 is 0 Å². The van der Waals surface area contributed by atoms with Gasteiger partial charge in [0, 0.05) is 18.6 Å². The van der Waals surface area contributed by atoms with Crippen molar-refractivity contribution in [2.75, 3.05) is 0 Å².